The highest BCUT2D eigenvalue weighted by molar-refractivity contribution is 7.98. The predicted molar refractivity (Wildman–Crippen MR) is 87.0 cm³/mol. The topological polar surface area (TPSA) is 80.6 Å². The highest BCUT2D eigenvalue weighted by atomic mass is 32.2. The molecule has 22 heavy (non-hydrogen) atoms. The molecular formula is C15H14N4O2S. The third-order valence-corrected chi connectivity index (χ3v) is 4.04. The minimum atomic E-state index is -0.499. The zero-order chi connectivity index (χ0) is 15.9. The van der Waals surface area contributed by atoms with Crippen molar-refractivity contribution in [2.24, 2.45) is 0 Å². The van der Waals surface area contributed by atoms with Gasteiger partial charge in [0.15, 0.2) is 10.8 Å². The van der Waals surface area contributed by atoms with E-state index < -0.39 is 11.2 Å². The Labute approximate surface area is 130 Å². The van der Waals surface area contributed by atoms with Gasteiger partial charge in [-0.05, 0) is 31.2 Å². The standard InChI is InChI=1S/C15H14N4O2S/c1-8-5-4-6-9(2)11(8)19-13(20)10-7-16-14(22-3)17-12(10)18-15(19)21/h4-7H,1-3H3,(H,16,17,18,21). The number of aromatic amines is 1. The van der Waals surface area contributed by atoms with Crippen LogP contribution in [-0.4, -0.2) is 25.8 Å². The predicted octanol–water partition coefficient (Wildman–Crippen LogP) is 1.81. The fraction of sp³-hybridized carbons (Fsp3) is 0.200. The molecule has 0 amide bonds. The number of fused-ring (bicyclic) bond motifs is 1. The van der Waals surface area contributed by atoms with Crippen LogP contribution in [0.3, 0.4) is 0 Å². The molecule has 3 rings (SSSR count). The average Bonchev–Trinajstić information content (AvgIpc) is 2.49. The lowest BCUT2D eigenvalue weighted by Gasteiger charge is -2.12. The molecule has 0 saturated heterocycles. The maximum atomic E-state index is 12.7. The van der Waals surface area contributed by atoms with Crippen LogP contribution in [0.2, 0.25) is 0 Å². The van der Waals surface area contributed by atoms with Crippen LogP contribution < -0.4 is 11.2 Å². The summed E-state index contributed by atoms with van der Waals surface area (Å²) in [6.45, 7) is 3.73. The molecule has 3 aromatic rings. The smallest absolute Gasteiger partial charge is 0.291 e. The van der Waals surface area contributed by atoms with E-state index in [1.807, 2.05) is 38.3 Å². The van der Waals surface area contributed by atoms with E-state index in [0.717, 1.165) is 15.7 Å². The molecule has 1 N–H and O–H groups in total. The monoisotopic (exact) mass is 314 g/mol. The van der Waals surface area contributed by atoms with Gasteiger partial charge in [-0.25, -0.2) is 19.3 Å². The molecule has 0 radical (unpaired) electrons. The van der Waals surface area contributed by atoms with Crippen LogP contribution in [0.5, 0.6) is 0 Å². The van der Waals surface area contributed by atoms with E-state index in [0.29, 0.717) is 16.2 Å². The van der Waals surface area contributed by atoms with Crippen molar-refractivity contribution in [2.75, 3.05) is 6.26 Å². The van der Waals surface area contributed by atoms with Crippen LogP contribution in [0.25, 0.3) is 16.7 Å². The van der Waals surface area contributed by atoms with E-state index in [9.17, 15) is 9.59 Å². The first-order valence-electron chi connectivity index (χ1n) is 6.65. The first-order chi connectivity index (χ1) is 10.5. The molecule has 112 valence electrons. The SMILES string of the molecule is CSc1ncc2c(=O)n(-c3c(C)cccc3C)c(=O)[nH]c2n1. The van der Waals surface area contributed by atoms with Gasteiger partial charge in [-0.15, -0.1) is 0 Å². The molecular weight excluding hydrogens is 300 g/mol. The van der Waals surface area contributed by atoms with Crippen LogP contribution in [0, 0.1) is 13.8 Å². The Morgan fingerprint density at radius 1 is 1.18 bits per heavy atom. The molecule has 0 fully saturated rings. The Hall–Kier alpha value is -2.41. The maximum Gasteiger partial charge on any atom is 0.334 e. The van der Waals surface area contributed by atoms with Crippen molar-refractivity contribution in [3.8, 4) is 5.69 Å². The van der Waals surface area contributed by atoms with E-state index in [2.05, 4.69) is 15.0 Å². The molecule has 0 aliphatic rings. The van der Waals surface area contributed by atoms with Crippen molar-refractivity contribution in [3.63, 3.8) is 0 Å². The van der Waals surface area contributed by atoms with Crippen LogP contribution >= 0.6 is 11.8 Å². The average molecular weight is 314 g/mol. The number of nitrogens with one attached hydrogen (secondary N) is 1. The Morgan fingerprint density at radius 2 is 1.86 bits per heavy atom. The van der Waals surface area contributed by atoms with Crippen molar-refractivity contribution < 1.29 is 0 Å². The van der Waals surface area contributed by atoms with Gasteiger partial charge < -0.3 is 0 Å². The van der Waals surface area contributed by atoms with Gasteiger partial charge in [0.25, 0.3) is 5.56 Å². The highest BCUT2D eigenvalue weighted by Crippen LogP contribution is 2.16. The number of hydrogen-bond acceptors (Lipinski definition) is 5. The van der Waals surface area contributed by atoms with Gasteiger partial charge in [0.05, 0.1) is 5.69 Å². The summed E-state index contributed by atoms with van der Waals surface area (Å²) in [6.07, 6.45) is 3.29. The first-order valence-corrected chi connectivity index (χ1v) is 7.88. The minimum Gasteiger partial charge on any atom is -0.291 e. The molecule has 0 aliphatic heterocycles. The molecule has 2 aromatic heterocycles. The Kier molecular flexibility index (Phi) is 3.58. The van der Waals surface area contributed by atoms with Crippen LogP contribution in [-0.2, 0) is 0 Å². The van der Waals surface area contributed by atoms with Crippen molar-refractivity contribution in [2.45, 2.75) is 19.0 Å². The highest BCUT2D eigenvalue weighted by Gasteiger charge is 2.14. The zero-order valence-corrected chi connectivity index (χ0v) is 13.2. The second kappa shape index (κ2) is 5.42. The molecule has 0 saturated carbocycles. The van der Waals surface area contributed by atoms with Gasteiger partial charge in [0.2, 0.25) is 0 Å². The van der Waals surface area contributed by atoms with Crippen LogP contribution in [0.15, 0.2) is 39.1 Å². The molecule has 0 unspecified atom stereocenters. The Morgan fingerprint density at radius 3 is 2.50 bits per heavy atom. The van der Waals surface area contributed by atoms with Crippen molar-refractivity contribution >= 4 is 22.8 Å². The number of benzene rings is 1. The summed E-state index contributed by atoms with van der Waals surface area (Å²) in [5, 5.41) is 0.799. The van der Waals surface area contributed by atoms with Gasteiger partial charge in [0, 0.05) is 6.20 Å². The number of aryl methyl sites for hydroxylation is 2. The van der Waals surface area contributed by atoms with E-state index in [-0.39, 0.29) is 5.65 Å². The largest absolute Gasteiger partial charge is 0.334 e. The third-order valence-electron chi connectivity index (χ3n) is 3.47. The van der Waals surface area contributed by atoms with E-state index >= 15 is 0 Å². The maximum absolute atomic E-state index is 12.7. The fourth-order valence-corrected chi connectivity index (χ4v) is 2.79. The molecule has 1 aromatic carbocycles. The van der Waals surface area contributed by atoms with E-state index in [1.165, 1.54) is 18.0 Å². The number of H-pyrrole nitrogens is 1. The summed E-state index contributed by atoms with van der Waals surface area (Å²) in [7, 11) is 0. The number of aromatic nitrogens is 4. The summed E-state index contributed by atoms with van der Waals surface area (Å²) < 4.78 is 1.15. The van der Waals surface area contributed by atoms with Crippen LogP contribution in [0.4, 0.5) is 0 Å². The van der Waals surface area contributed by atoms with Gasteiger partial charge in [-0.3, -0.25) is 9.78 Å². The lowest BCUT2D eigenvalue weighted by Crippen LogP contribution is -2.35. The Bertz CT molecular complexity index is 971. The lowest BCUT2D eigenvalue weighted by atomic mass is 10.1. The Balaban J connectivity index is 2.42. The summed E-state index contributed by atoms with van der Waals surface area (Å²) >= 11 is 1.35. The number of rotatable bonds is 2. The van der Waals surface area contributed by atoms with Crippen LogP contribution in [0.1, 0.15) is 11.1 Å². The van der Waals surface area contributed by atoms with Gasteiger partial charge >= 0.3 is 5.69 Å². The number of hydrogen-bond donors (Lipinski definition) is 1. The molecule has 0 aliphatic carbocycles. The molecule has 0 atom stereocenters. The second-order valence-corrected chi connectivity index (χ2v) is 5.70. The summed E-state index contributed by atoms with van der Waals surface area (Å²) in [4.78, 5) is 36.1. The molecule has 2 heterocycles. The lowest BCUT2D eigenvalue weighted by molar-refractivity contribution is 0.866. The van der Waals surface area contributed by atoms with Gasteiger partial charge in [0.1, 0.15) is 5.39 Å². The summed E-state index contributed by atoms with van der Waals surface area (Å²) in [6, 6.07) is 5.62. The summed E-state index contributed by atoms with van der Waals surface area (Å²) in [5.74, 6) is 0. The summed E-state index contributed by atoms with van der Waals surface area (Å²) in [5.41, 5.74) is 1.66. The molecule has 7 heteroatoms. The third kappa shape index (κ3) is 2.23. The fourth-order valence-electron chi connectivity index (χ4n) is 2.45. The quantitative estimate of drug-likeness (QED) is 0.576. The van der Waals surface area contributed by atoms with Crippen molar-refractivity contribution in [1.82, 2.24) is 19.5 Å². The minimum absolute atomic E-state index is 0.261. The molecule has 0 bridgehead atoms. The molecule has 6 nitrogen and oxygen atoms in total. The van der Waals surface area contributed by atoms with Crippen molar-refractivity contribution in [3.05, 3.63) is 56.4 Å². The second-order valence-electron chi connectivity index (χ2n) is 4.93. The normalized spacial score (nSPS) is 11.0. The van der Waals surface area contributed by atoms with Crippen molar-refractivity contribution in [1.29, 1.82) is 0 Å². The molecule has 0 spiro atoms. The van der Waals surface area contributed by atoms with E-state index in [1.54, 1.807) is 0 Å². The number of nitrogens with zero attached hydrogens (tertiary/aromatic N) is 3. The zero-order valence-electron chi connectivity index (χ0n) is 12.4. The number of thioether (sulfide) groups is 1. The van der Waals surface area contributed by atoms with E-state index in [4.69, 9.17) is 0 Å². The number of para-hydroxylation sites is 1. The first kappa shape index (κ1) is 14.5. The van der Waals surface area contributed by atoms with Gasteiger partial charge in [-0.1, -0.05) is 30.0 Å². The van der Waals surface area contributed by atoms with Gasteiger partial charge in [-0.2, -0.15) is 0 Å².